The second-order valence-corrected chi connectivity index (χ2v) is 5.34. The number of hydrogen-bond donors (Lipinski definition) is 1. The van der Waals surface area contributed by atoms with Crippen molar-refractivity contribution >= 4 is 15.9 Å². The maximum Gasteiger partial charge on any atom is 0.124 e. The van der Waals surface area contributed by atoms with E-state index in [2.05, 4.69) is 28.2 Å². The largest absolute Gasteiger partial charge is 0.469 e. The van der Waals surface area contributed by atoms with E-state index in [1.54, 1.807) is 6.26 Å². The van der Waals surface area contributed by atoms with Gasteiger partial charge in [0.15, 0.2) is 0 Å². The molecule has 0 bridgehead atoms. The third-order valence-corrected chi connectivity index (χ3v) is 3.90. The van der Waals surface area contributed by atoms with Gasteiger partial charge in [-0.1, -0.05) is 28.9 Å². The lowest BCUT2D eigenvalue weighted by molar-refractivity contribution is 0.501. The Bertz CT molecular complexity index is 553. The first-order chi connectivity index (χ1) is 9.11. The van der Waals surface area contributed by atoms with Gasteiger partial charge in [0.25, 0.3) is 0 Å². The molecule has 0 aliphatic carbocycles. The Balaban J connectivity index is 2.24. The summed E-state index contributed by atoms with van der Waals surface area (Å²) in [6.07, 6.45) is 2.49. The average Bonchev–Trinajstić information content (AvgIpc) is 2.78. The van der Waals surface area contributed by atoms with Crippen molar-refractivity contribution in [3.63, 3.8) is 0 Å². The molecule has 2 aromatic rings. The highest BCUT2D eigenvalue weighted by Crippen LogP contribution is 2.26. The summed E-state index contributed by atoms with van der Waals surface area (Å²) in [4.78, 5) is 0. The van der Waals surface area contributed by atoms with Crippen LogP contribution in [0.15, 0.2) is 39.4 Å². The molecule has 0 radical (unpaired) electrons. The van der Waals surface area contributed by atoms with Gasteiger partial charge in [0, 0.05) is 16.1 Å². The fourth-order valence-electron chi connectivity index (χ4n) is 2.20. The van der Waals surface area contributed by atoms with Gasteiger partial charge in [-0.3, -0.25) is 0 Å². The minimum Gasteiger partial charge on any atom is -0.469 e. The molecule has 0 spiro atoms. The summed E-state index contributed by atoms with van der Waals surface area (Å²) in [5.74, 6) is 0.694. The minimum absolute atomic E-state index is 0.172. The Labute approximate surface area is 121 Å². The lowest BCUT2D eigenvalue weighted by Gasteiger charge is -2.18. The van der Waals surface area contributed by atoms with Gasteiger partial charge in [0.05, 0.1) is 6.26 Å². The van der Waals surface area contributed by atoms with Crippen LogP contribution in [-0.4, -0.2) is 6.54 Å². The van der Waals surface area contributed by atoms with Crippen LogP contribution in [0.25, 0.3) is 0 Å². The number of benzene rings is 1. The summed E-state index contributed by atoms with van der Waals surface area (Å²) < 4.78 is 19.3. The Kier molecular flexibility index (Phi) is 4.77. The number of rotatable bonds is 5. The summed E-state index contributed by atoms with van der Waals surface area (Å²) in [5, 5.41) is 3.44. The standard InChI is InChI=1S/C15H17BrFNO/c1-3-18-15(13-6-7-19-10(13)2)8-11-4-5-12(17)9-14(11)16/h4-7,9,15,18H,3,8H2,1-2H3. The van der Waals surface area contributed by atoms with Gasteiger partial charge in [0.2, 0.25) is 0 Å². The quantitative estimate of drug-likeness (QED) is 0.882. The monoisotopic (exact) mass is 325 g/mol. The molecule has 1 N–H and O–H groups in total. The predicted molar refractivity (Wildman–Crippen MR) is 77.7 cm³/mol. The van der Waals surface area contributed by atoms with Crippen LogP contribution >= 0.6 is 15.9 Å². The van der Waals surface area contributed by atoms with Gasteiger partial charge in [0.1, 0.15) is 11.6 Å². The molecule has 1 unspecified atom stereocenters. The van der Waals surface area contributed by atoms with E-state index in [-0.39, 0.29) is 11.9 Å². The molecule has 19 heavy (non-hydrogen) atoms. The molecule has 0 saturated heterocycles. The average molecular weight is 326 g/mol. The van der Waals surface area contributed by atoms with Crippen LogP contribution in [0.2, 0.25) is 0 Å². The zero-order valence-corrected chi connectivity index (χ0v) is 12.6. The van der Waals surface area contributed by atoms with E-state index < -0.39 is 0 Å². The molecule has 1 aromatic carbocycles. The summed E-state index contributed by atoms with van der Waals surface area (Å²) in [6, 6.07) is 6.97. The number of halogens is 2. The number of aryl methyl sites for hydroxylation is 1. The Morgan fingerprint density at radius 2 is 2.16 bits per heavy atom. The minimum atomic E-state index is -0.227. The van der Waals surface area contributed by atoms with E-state index in [1.165, 1.54) is 12.1 Å². The van der Waals surface area contributed by atoms with E-state index >= 15 is 0 Å². The first kappa shape index (κ1) is 14.3. The summed E-state index contributed by atoms with van der Waals surface area (Å²) in [5.41, 5.74) is 2.23. The number of hydrogen-bond acceptors (Lipinski definition) is 2. The summed E-state index contributed by atoms with van der Waals surface area (Å²) >= 11 is 3.42. The lowest BCUT2D eigenvalue weighted by Crippen LogP contribution is -2.23. The number of furan rings is 1. The van der Waals surface area contributed by atoms with Gasteiger partial charge < -0.3 is 9.73 Å². The summed E-state index contributed by atoms with van der Waals surface area (Å²) in [7, 11) is 0. The number of nitrogens with one attached hydrogen (secondary N) is 1. The Morgan fingerprint density at radius 1 is 1.37 bits per heavy atom. The highest BCUT2D eigenvalue weighted by Gasteiger charge is 2.16. The molecule has 102 valence electrons. The van der Waals surface area contributed by atoms with Crippen LogP contribution in [0, 0.1) is 12.7 Å². The normalized spacial score (nSPS) is 12.6. The molecule has 1 atom stereocenters. The first-order valence-corrected chi connectivity index (χ1v) is 7.12. The zero-order chi connectivity index (χ0) is 13.8. The van der Waals surface area contributed by atoms with Crippen molar-refractivity contribution < 1.29 is 8.81 Å². The van der Waals surface area contributed by atoms with Crippen molar-refractivity contribution in [2.45, 2.75) is 26.3 Å². The third-order valence-electron chi connectivity index (χ3n) is 3.16. The van der Waals surface area contributed by atoms with Gasteiger partial charge in [-0.15, -0.1) is 0 Å². The van der Waals surface area contributed by atoms with Gasteiger partial charge in [-0.25, -0.2) is 4.39 Å². The molecular formula is C15H17BrFNO. The van der Waals surface area contributed by atoms with Crippen molar-refractivity contribution in [1.82, 2.24) is 5.32 Å². The second-order valence-electron chi connectivity index (χ2n) is 4.48. The second kappa shape index (κ2) is 6.35. The maximum absolute atomic E-state index is 13.1. The molecule has 0 amide bonds. The van der Waals surface area contributed by atoms with Crippen molar-refractivity contribution in [3.05, 3.63) is 57.7 Å². The van der Waals surface area contributed by atoms with E-state index in [9.17, 15) is 4.39 Å². The first-order valence-electron chi connectivity index (χ1n) is 6.33. The summed E-state index contributed by atoms with van der Waals surface area (Å²) in [6.45, 7) is 4.90. The van der Waals surface area contributed by atoms with E-state index in [0.29, 0.717) is 0 Å². The fraction of sp³-hybridized carbons (Fsp3) is 0.333. The van der Waals surface area contributed by atoms with E-state index in [4.69, 9.17) is 4.42 Å². The van der Waals surface area contributed by atoms with Crippen LogP contribution in [-0.2, 0) is 6.42 Å². The molecule has 1 aromatic heterocycles. The molecule has 0 aliphatic heterocycles. The molecule has 1 heterocycles. The fourth-order valence-corrected chi connectivity index (χ4v) is 2.71. The van der Waals surface area contributed by atoms with Crippen molar-refractivity contribution in [2.75, 3.05) is 6.54 Å². The van der Waals surface area contributed by atoms with Gasteiger partial charge in [-0.2, -0.15) is 0 Å². The topological polar surface area (TPSA) is 25.2 Å². The molecule has 2 rings (SSSR count). The smallest absolute Gasteiger partial charge is 0.124 e. The van der Waals surface area contributed by atoms with Crippen LogP contribution in [0.5, 0.6) is 0 Å². The molecule has 2 nitrogen and oxygen atoms in total. The van der Waals surface area contributed by atoms with Crippen LogP contribution in [0.4, 0.5) is 4.39 Å². The Hall–Kier alpha value is -1.13. The van der Waals surface area contributed by atoms with E-state index in [0.717, 1.165) is 34.3 Å². The van der Waals surface area contributed by atoms with Crippen molar-refractivity contribution in [3.8, 4) is 0 Å². The van der Waals surface area contributed by atoms with Crippen LogP contribution in [0.3, 0.4) is 0 Å². The molecule has 4 heteroatoms. The molecule has 0 aliphatic rings. The Morgan fingerprint density at radius 3 is 2.74 bits per heavy atom. The molecule has 0 saturated carbocycles. The maximum atomic E-state index is 13.1. The van der Waals surface area contributed by atoms with Gasteiger partial charge >= 0.3 is 0 Å². The van der Waals surface area contributed by atoms with Crippen LogP contribution in [0.1, 0.15) is 29.9 Å². The predicted octanol–water partition coefficient (Wildman–Crippen LogP) is 4.38. The van der Waals surface area contributed by atoms with Crippen LogP contribution < -0.4 is 5.32 Å². The van der Waals surface area contributed by atoms with Gasteiger partial charge in [-0.05, 0) is 43.7 Å². The van der Waals surface area contributed by atoms with E-state index in [1.807, 2.05) is 19.1 Å². The highest BCUT2D eigenvalue weighted by atomic mass is 79.9. The highest BCUT2D eigenvalue weighted by molar-refractivity contribution is 9.10. The van der Waals surface area contributed by atoms with Crippen molar-refractivity contribution in [2.24, 2.45) is 0 Å². The third kappa shape index (κ3) is 3.45. The van der Waals surface area contributed by atoms with Crippen molar-refractivity contribution in [1.29, 1.82) is 0 Å². The molecular weight excluding hydrogens is 309 g/mol. The SMILES string of the molecule is CCNC(Cc1ccc(F)cc1Br)c1ccoc1C. The number of likely N-dealkylation sites (N-methyl/N-ethyl adjacent to an activating group) is 1. The molecule has 0 fully saturated rings. The zero-order valence-electron chi connectivity index (χ0n) is 11.0. The lowest BCUT2D eigenvalue weighted by atomic mass is 9.99.